The molecule has 0 spiro atoms. The van der Waals surface area contributed by atoms with Crippen LogP contribution in [0.15, 0.2) is 4.99 Å². The Morgan fingerprint density at radius 3 is 2.55 bits per heavy atom. The lowest BCUT2D eigenvalue weighted by Crippen LogP contribution is -2.29. The predicted molar refractivity (Wildman–Crippen MR) is 77.3 cm³/mol. The molecule has 1 rings (SSSR count). The average molecular weight is 282 g/mol. The summed E-state index contributed by atoms with van der Waals surface area (Å²) in [4.78, 5) is 27.2. The minimum Gasteiger partial charge on any atom is -0.464 e. The number of esters is 1. The summed E-state index contributed by atoms with van der Waals surface area (Å²) in [5.74, 6) is -0.112. The number of nitrogens with zero attached hydrogens (tertiary/aromatic N) is 2. The van der Waals surface area contributed by atoms with Gasteiger partial charge in [-0.25, -0.2) is 9.79 Å². The Labute approximate surface area is 121 Å². The van der Waals surface area contributed by atoms with Crippen LogP contribution >= 0.6 is 0 Å². The van der Waals surface area contributed by atoms with E-state index in [9.17, 15) is 9.59 Å². The van der Waals surface area contributed by atoms with Gasteiger partial charge in [-0.3, -0.25) is 9.69 Å². The zero-order valence-electron chi connectivity index (χ0n) is 12.3. The van der Waals surface area contributed by atoms with Crippen molar-refractivity contribution in [1.82, 2.24) is 4.90 Å². The van der Waals surface area contributed by atoms with Crippen molar-refractivity contribution in [3.8, 4) is 0 Å². The maximum atomic E-state index is 11.5. The first-order valence-electron chi connectivity index (χ1n) is 7.74. The van der Waals surface area contributed by atoms with Gasteiger partial charge < -0.3 is 4.74 Å². The van der Waals surface area contributed by atoms with Crippen LogP contribution in [-0.4, -0.2) is 49.7 Å². The van der Waals surface area contributed by atoms with E-state index in [-0.39, 0.29) is 5.97 Å². The maximum absolute atomic E-state index is 11.5. The summed E-state index contributed by atoms with van der Waals surface area (Å²) >= 11 is 0. The molecule has 1 heterocycles. The summed E-state index contributed by atoms with van der Waals surface area (Å²) in [6.07, 6.45) is 9.67. The van der Waals surface area contributed by atoms with E-state index in [0.29, 0.717) is 19.6 Å². The van der Waals surface area contributed by atoms with Crippen molar-refractivity contribution < 1.29 is 14.3 Å². The molecule has 0 radical (unpaired) electrons. The molecular weight excluding hydrogens is 256 g/mol. The summed E-state index contributed by atoms with van der Waals surface area (Å²) < 4.78 is 5.25. The normalized spacial score (nSPS) is 16.2. The molecule has 1 aliphatic rings. The summed E-state index contributed by atoms with van der Waals surface area (Å²) in [7, 11) is 0. The number of unbranched alkanes of at least 4 members (excludes halogenated alkanes) is 2. The summed E-state index contributed by atoms with van der Waals surface area (Å²) in [6, 6.07) is 0. The van der Waals surface area contributed by atoms with E-state index >= 15 is 0 Å². The zero-order chi connectivity index (χ0) is 14.5. The van der Waals surface area contributed by atoms with Crippen molar-refractivity contribution in [2.75, 3.05) is 32.8 Å². The van der Waals surface area contributed by atoms with E-state index < -0.39 is 0 Å². The second kappa shape index (κ2) is 11.6. The first-order valence-corrected chi connectivity index (χ1v) is 7.74. The van der Waals surface area contributed by atoms with Crippen molar-refractivity contribution in [1.29, 1.82) is 0 Å². The van der Waals surface area contributed by atoms with Crippen LogP contribution < -0.4 is 0 Å². The fraction of sp³-hybridized carbons (Fsp3) is 0.867. The molecule has 0 aromatic carbocycles. The van der Waals surface area contributed by atoms with Crippen molar-refractivity contribution in [2.24, 2.45) is 4.99 Å². The molecule has 0 aromatic rings. The molecule has 0 saturated carbocycles. The minimum atomic E-state index is -0.112. The number of aliphatic imine (C=N–C) groups is 1. The highest BCUT2D eigenvalue weighted by Gasteiger charge is 2.09. The topological polar surface area (TPSA) is 59.0 Å². The lowest BCUT2D eigenvalue weighted by Gasteiger charge is -2.19. The van der Waals surface area contributed by atoms with Crippen LogP contribution in [0.4, 0.5) is 0 Å². The molecular formula is C15H26N2O3. The van der Waals surface area contributed by atoms with Crippen LogP contribution in [0.5, 0.6) is 0 Å². The minimum absolute atomic E-state index is 0.112. The quantitative estimate of drug-likeness (QED) is 0.282. The smallest absolute Gasteiger partial charge is 0.305 e. The Balaban J connectivity index is 1.95. The van der Waals surface area contributed by atoms with E-state index in [1.807, 2.05) is 0 Å². The predicted octanol–water partition coefficient (Wildman–Crippen LogP) is 2.30. The molecule has 0 bridgehead atoms. The second-order valence-electron chi connectivity index (χ2n) is 5.26. The number of ether oxygens (including phenoxy) is 1. The number of hydrogen-bond donors (Lipinski definition) is 0. The summed E-state index contributed by atoms with van der Waals surface area (Å²) in [5, 5.41) is 0. The largest absolute Gasteiger partial charge is 0.464 e. The van der Waals surface area contributed by atoms with Gasteiger partial charge in [0.15, 0.2) is 0 Å². The van der Waals surface area contributed by atoms with Crippen LogP contribution in [0.3, 0.4) is 0 Å². The number of carbonyl (C=O) groups excluding carboxylic acids is 2. The van der Waals surface area contributed by atoms with Gasteiger partial charge >= 0.3 is 5.97 Å². The number of likely N-dealkylation sites (tertiary alicyclic amines) is 1. The van der Waals surface area contributed by atoms with Gasteiger partial charge in [-0.2, -0.15) is 0 Å². The Morgan fingerprint density at radius 1 is 1.10 bits per heavy atom. The number of rotatable bonds is 9. The SMILES string of the molecule is O=C=NCCCCCC(=O)OCCN1CCCCCC1. The molecule has 0 N–H and O–H groups in total. The number of carbonyl (C=O) groups is 1. The highest BCUT2D eigenvalue weighted by Crippen LogP contribution is 2.09. The highest BCUT2D eigenvalue weighted by atomic mass is 16.5. The Kier molecular flexibility index (Phi) is 9.80. The van der Waals surface area contributed by atoms with Crippen LogP contribution in [0, 0.1) is 0 Å². The van der Waals surface area contributed by atoms with E-state index in [2.05, 4.69) is 9.89 Å². The third-order valence-corrected chi connectivity index (χ3v) is 3.58. The maximum Gasteiger partial charge on any atom is 0.305 e. The summed E-state index contributed by atoms with van der Waals surface area (Å²) in [5.41, 5.74) is 0. The summed E-state index contributed by atoms with van der Waals surface area (Å²) in [6.45, 7) is 4.14. The van der Waals surface area contributed by atoms with Crippen molar-refractivity contribution in [3.05, 3.63) is 0 Å². The molecule has 20 heavy (non-hydrogen) atoms. The molecule has 114 valence electrons. The Morgan fingerprint density at radius 2 is 1.85 bits per heavy atom. The Bertz CT molecular complexity index is 306. The van der Waals surface area contributed by atoms with Gasteiger partial charge in [-0.15, -0.1) is 0 Å². The monoisotopic (exact) mass is 282 g/mol. The third kappa shape index (κ3) is 8.83. The zero-order valence-corrected chi connectivity index (χ0v) is 12.3. The highest BCUT2D eigenvalue weighted by molar-refractivity contribution is 5.69. The van der Waals surface area contributed by atoms with Crippen molar-refractivity contribution in [3.63, 3.8) is 0 Å². The first kappa shape index (κ1) is 16.9. The van der Waals surface area contributed by atoms with Gasteiger partial charge in [-0.1, -0.05) is 19.3 Å². The van der Waals surface area contributed by atoms with Gasteiger partial charge in [0.25, 0.3) is 0 Å². The third-order valence-electron chi connectivity index (χ3n) is 3.58. The molecule has 0 aromatic heterocycles. The van der Waals surface area contributed by atoms with Crippen LogP contribution in [-0.2, 0) is 14.3 Å². The molecule has 0 unspecified atom stereocenters. The molecule has 0 atom stereocenters. The van der Waals surface area contributed by atoms with Gasteiger partial charge in [0, 0.05) is 13.0 Å². The second-order valence-corrected chi connectivity index (χ2v) is 5.26. The van der Waals surface area contributed by atoms with E-state index in [0.717, 1.165) is 38.9 Å². The van der Waals surface area contributed by atoms with E-state index in [4.69, 9.17) is 4.74 Å². The molecule has 0 aliphatic carbocycles. The van der Waals surface area contributed by atoms with Gasteiger partial charge in [-0.05, 0) is 38.8 Å². The van der Waals surface area contributed by atoms with Gasteiger partial charge in [0.1, 0.15) is 6.61 Å². The van der Waals surface area contributed by atoms with Gasteiger partial charge in [0.2, 0.25) is 6.08 Å². The fourth-order valence-electron chi connectivity index (χ4n) is 2.40. The van der Waals surface area contributed by atoms with E-state index in [1.165, 1.54) is 31.8 Å². The van der Waals surface area contributed by atoms with Crippen molar-refractivity contribution >= 4 is 12.0 Å². The number of hydrogen-bond acceptors (Lipinski definition) is 5. The molecule has 1 fully saturated rings. The Hall–Kier alpha value is -1.19. The standard InChI is InChI=1S/C15H26N2O3/c18-14-16-9-5-3-4-8-15(19)20-13-12-17-10-6-1-2-7-11-17/h1-13H2. The van der Waals surface area contributed by atoms with E-state index in [1.54, 1.807) is 0 Å². The van der Waals surface area contributed by atoms with Gasteiger partial charge in [0.05, 0.1) is 6.54 Å². The lowest BCUT2D eigenvalue weighted by atomic mass is 10.2. The molecule has 0 amide bonds. The van der Waals surface area contributed by atoms with Crippen molar-refractivity contribution in [2.45, 2.75) is 51.4 Å². The molecule has 5 nitrogen and oxygen atoms in total. The number of isocyanates is 1. The molecule has 1 aliphatic heterocycles. The molecule has 5 heteroatoms. The molecule has 1 saturated heterocycles. The average Bonchev–Trinajstić information content (AvgIpc) is 2.71. The van der Waals surface area contributed by atoms with Crippen LogP contribution in [0.25, 0.3) is 0 Å². The van der Waals surface area contributed by atoms with Crippen LogP contribution in [0.2, 0.25) is 0 Å². The fourth-order valence-corrected chi connectivity index (χ4v) is 2.40. The van der Waals surface area contributed by atoms with Crippen LogP contribution in [0.1, 0.15) is 51.4 Å². The first-order chi connectivity index (χ1) is 9.83. The lowest BCUT2D eigenvalue weighted by molar-refractivity contribution is -0.144.